The molecule has 1 unspecified atom stereocenters. The van der Waals surface area contributed by atoms with Crippen LogP contribution in [0.25, 0.3) is 0 Å². The van der Waals surface area contributed by atoms with Crippen molar-refractivity contribution in [3.63, 3.8) is 0 Å². The highest BCUT2D eigenvalue weighted by Gasteiger charge is 2.17. The molecule has 1 atom stereocenters. The van der Waals surface area contributed by atoms with E-state index in [1.165, 1.54) is 0 Å². The first-order valence-electron chi connectivity index (χ1n) is 5.93. The third kappa shape index (κ3) is 7.61. The number of imide groups is 1. The molecule has 0 aliphatic rings. The third-order valence-electron chi connectivity index (χ3n) is 2.06. The Bertz CT molecular complexity index is 305. The number of hydrogen-bond acceptors (Lipinski definition) is 4. The van der Waals surface area contributed by atoms with Crippen molar-refractivity contribution < 1.29 is 19.5 Å². The van der Waals surface area contributed by atoms with Crippen molar-refractivity contribution in [1.29, 1.82) is 0 Å². The van der Waals surface area contributed by atoms with Gasteiger partial charge in [-0.1, -0.05) is 13.3 Å². The van der Waals surface area contributed by atoms with Gasteiger partial charge in [-0.2, -0.15) is 0 Å². The van der Waals surface area contributed by atoms with Gasteiger partial charge in [0.05, 0.1) is 6.54 Å². The van der Waals surface area contributed by atoms with Crippen LogP contribution in [0.5, 0.6) is 0 Å². The number of hydrogen-bond donors (Lipinski definition) is 4. The monoisotopic (exact) mass is 259 g/mol. The molecule has 0 fully saturated rings. The minimum atomic E-state index is -1.00. The molecule has 7 heteroatoms. The molecular weight excluding hydrogens is 238 g/mol. The zero-order chi connectivity index (χ0) is 14.1. The Morgan fingerprint density at radius 1 is 1.22 bits per heavy atom. The molecule has 7 nitrogen and oxygen atoms in total. The fraction of sp³-hybridized carbons (Fsp3) is 0.727. The maximum absolute atomic E-state index is 11.3. The molecule has 0 aromatic heterocycles. The average molecular weight is 259 g/mol. The van der Waals surface area contributed by atoms with Crippen LogP contribution in [0.15, 0.2) is 0 Å². The summed E-state index contributed by atoms with van der Waals surface area (Å²) in [6.07, 6.45) is 1.13. The average Bonchev–Trinajstić information content (AvgIpc) is 2.22. The molecule has 4 N–H and O–H groups in total. The summed E-state index contributed by atoms with van der Waals surface area (Å²) in [5.41, 5.74) is 0. The van der Waals surface area contributed by atoms with Crippen molar-refractivity contribution in [2.24, 2.45) is 0 Å². The molecule has 0 spiro atoms. The number of carboxylic acid groups (broad SMARTS) is 1. The molecule has 18 heavy (non-hydrogen) atoms. The van der Waals surface area contributed by atoms with Crippen LogP contribution in [0.4, 0.5) is 4.79 Å². The minimum Gasteiger partial charge on any atom is -0.480 e. The zero-order valence-corrected chi connectivity index (χ0v) is 10.9. The lowest BCUT2D eigenvalue weighted by molar-refractivity contribution is -0.139. The normalized spacial score (nSPS) is 12.0. The molecule has 0 radical (unpaired) electrons. The predicted octanol–water partition coefficient (Wildman–Crippen LogP) is 0.0635. The fourth-order valence-corrected chi connectivity index (χ4v) is 1.29. The van der Waals surface area contributed by atoms with Crippen molar-refractivity contribution in [3.05, 3.63) is 0 Å². The lowest BCUT2D eigenvalue weighted by Crippen LogP contribution is -2.48. The standard InChI is InChI=1S/C11H21N3O4/c1-4-5-8(10(16)17)12-6-9(15)14-11(18)13-7(2)3/h7-8,12H,4-6H2,1-3H3,(H,16,17)(H2,13,14,15,18). The number of aliphatic carboxylic acids is 1. The van der Waals surface area contributed by atoms with Crippen molar-refractivity contribution in [2.45, 2.75) is 45.7 Å². The Kier molecular flexibility index (Phi) is 7.69. The molecule has 0 aliphatic carbocycles. The van der Waals surface area contributed by atoms with Crippen LogP contribution in [0.2, 0.25) is 0 Å². The molecule has 0 rings (SSSR count). The van der Waals surface area contributed by atoms with Gasteiger partial charge < -0.3 is 10.4 Å². The van der Waals surface area contributed by atoms with Crippen LogP contribution >= 0.6 is 0 Å². The van der Waals surface area contributed by atoms with Gasteiger partial charge in [-0.25, -0.2) is 4.79 Å². The molecule has 3 amide bonds. The molecule has 0 aromatic rings. The lowest BCUT2D eigenvalue weighted by Gasteiger charge is -2.13. The smallest absolute Gasteiger partial charge is 0.321 e. The van der Waals surface area contributed by atoms with E-state index in [4.69, 9.17) is 5.11 Å². The van der Waals surface area contributed by atoms with E-state index in [-0.39, 0.29) is 12.6 Å². The molecule has 0 saturated carbocycles. The Labute approximate surface area is 106 Å². The number of carboxylic acids is 1. The number of urea groups is 1. The van der Waals surface area contributed by atoms with Crippen LogP contribution < -0.4 is 16.0 Å². The van der Waals surface area contributed by atoms with Crippen LogP contribution in [0, 0.1) is 0 Å². The van der Waals surface area contributed by atoms with Crippen molar-refractivity contribution in [2.75, 3.05) is 6.54 Å². The van der Waals surface area contributed by atoms with Crippen LogP contribution in [-0.2, 0) is 9.59 Å². The van der Waals surface area contributed by atoms with Gasteiger partial charge in [0.2, 0.25) is 5.91 Å². The maximum Gasteiger partial charge on any atom is 0.321 e. The first-order chi connectivity index (χ1) is 8.36. The first-order valence-corrected chi connectivity index (χ1v) is 5.93. The van der Waals surface area contributed by atoms with Gasteiger partial charge in [0.1, 0.15) is 6.04 Å². The largest absolute Gasteiger partial charge is 0.480 e. The van der Waals surface area contributed by atoms with Crippen molar-refractivity contribution in [1.82, 2.24) is 16.0 Å². The highest BCUT2D eigenvalue weighted by molar-refractivity contribution is 5.95. The summed E-state index contributed by atoms with van der Waals surface area (Å²) >= 11 is 0. The van der Waals surface area contributed by atoms with Gasteiger partial charge in [-0.05, 0) is 20.3 Å². The summed E-state index contributed by atoms with van der Waals surface area (Å²) in [6.45, 7) is 5.18. The molecule has 104 valence electrons. The maximum atomic E-state index is 11.3. The molecule has 0 saturated heterocycles. The van der Waals surface area contributed by atoms with Gasteiger partial charge in [-0.15, -0.1) is 0 Å². The van der Waals surface area contributed by atoms with E-state index in [0.717, 1.165) is 0 Å². The van der Waals surface area contributed by atoms with E-state index in [1.807, 2.05) is 6.92 Å². The van der Waals surface area contributed by atoms with E-state index in [2.05, 4.69) is 16.0 Å². The first kappa shape index (κ1) is 16.4. The van der Waals surface area contributed by atoms with E-state index in [9.17, 15) is 14.4 Å². The van der Waals surface area contributed by atoms with E-state index >= 15 is 0 Å². The summed E-state index contributed by atoms with van der Waals surface area (Å²) in [6, 6.07) is -1.43. The van der Waals surface area contributed by atoms with Gasteiger partial charge in [0.15, 0.2) is 0 Å². The van der Waals surface area contributed by atoms with Gasteiger partial charge in [0, 0.05) is 6.04 Å². The zero-order valence-electron chi connectivity index (χ0n) is 10.9. The summed E-state index contributed by atoms with van der Waals surface area (Å²) < 4.78 is 0. The summed E-state index contributed by atoms with van der Waals surface area (Å²) in [4.78, 5) is 33.3. The van der Waals surface area contributed by atoms with Gasteiger partial charge in [-0.3, -0.25) is 20.2 Å². The number of carbonyl (C=O) groups is 3. The van der Waals surface area contributed by atoms with Crippen molar-refractivity contribution in [3.8, 4) is 0 Å². The quantitative estimate of drug-likeness (QED) is 0.517. The molecule has 0 bridgehead atoms. The summed E-state index contributed by atoms with van der Waals surface area (Å²) in [5.74, 6) is -1.56. The highest BCUT2D eigenvalue weighted by atomic mass is 16.4. The molecule has 0 aliphatic heterocycles. The van der Waals surface area contributed by atoms with E-state index in [0.29, 0.717) is 12.8 Å². The van der Waals surface area contributed by atoms with E-state index < -0.39 is 23.9 Å². The number of amides is 3. The highest BCUT2D eigenvalue weighted by Crippen LogP contribution is 1.95. The molecule has 0 aromatic carbocycles. The topological polar surface area (TPSA) is 108 Å². The third-order valence-corrected chi connectivity index (χ3v) is 2.06. The Balaban J connectivity index is 4.01. The number of nitrogens with one attached hydrogen (secondary N) is 3. The van der Waals surface area contributed by atoms with Gasteiger partial charge >= 0.3 is 12.0 Å². The lowest BCUT2D eigenvalue weighted by atomic mass is 10.2. The predicted molar refractivity (Wildman–Crippen MR) is 66.1 cm³/mol. The van der Waals surface area contributed by atoms with Crippen molar-refractivity contribution >= 4 is 17.9 Å². The second-order valence-electron chi connectivity index (χ2n) is 4.24. The Hall–Kier alpha value is -1.63. The van der Waals surface area contributed by atoms with Gasteiger partial charge in [0.25, 0.3) is 0 Å². The van der Waals surface area contributed by atoms with Crippen LogP contribution in [-0.4, -0.2) is 41.6 Å². The fourth-order valence-electron chi connectivity index (χ4n) is 1.29. The molecular formula is C11H21N3O4. The number of carbonyl (C=O) groups excluding carboxylic acids is 2. The Morgan fingerprint density at radius 2 is 1.83 bits per heavy atom. The SMILES string of the molecule is CCCC(NCC(=O)NC(=O)NC(C)C)C(=O)O. The van der Waals surface area contributed by atoms with Crippen LogP contribution in [0.3, 0.4) is 0 Å². The van der Waals surface area contributed by atoms with E-state index in [1.54, 1.807) is 13.8 Å². The Morgan fingerprint density at radius 3 is 2.28 bits per heavy atom. The second-order valence-corrected chi connectivity index (χ2v) is 4.24. The summed E-state index contributed by atoms with van der Waals surface area (Å²) in [7, 11) is 0. The number of rotatable bonds is 7. The summed E-state index contributed by atoms with van der Waals surface area (Å²) in [5, 5.41) is 16.0. The second kappa shape index (κ2) is 8.46. The minimum absolute atomic E-state index is 0.0716. The molecule has 0 heterocycles. The van der Waals surface area contributed by atoms with Crippen LogP contribution in [0.1, 0.15) is 33.6 Å².